The topological polar surface area (TPSA) is 67.2 Å². The fourth-order valence-electron chi connectivity index (χ4n) is 1.11. The van der Waals surface area contributed by atoms with E-state index in [1.54, 1.807) is 18.3 Å². The van der Waals surface area contributed by atoms with Crippen LogP contribution in [0.5, 0.6) is 0 Å². The number of carbonyl (C=O) groups excluding carboxylic acids is 1. The Balaban J connectivity index is 1.79. The van der Waals surface area contributed by atoms with Crippen LogP contribution in [0.3, 0.4) is 0 Å². The molecule has 0 spiro atoms. The van der Waals surface area contributed by atoms with Crippen molar-refractivity contribution >= 4 is 39.6 Å². The number of thiocarbonyl (C=S) groups is 1. The van der Waals surface area contributed by atoms with Gasteiger partial charge in [-0.25, -0.2) is 4.98 Å². The summed E-state index contributed by atoms with van der Waals surface area (Å²) in [6, 6.07) is 3.28. The first-order valence-corrected chi connectivity index (χ1v) is 6.05. The van der Waals surface area contributed by atoms with Gasteiger partial charge in [-0.3, -0.25) is 4.79 Å². The number of carbonyl (C=O) groups is 1. The molecule has 0 amide bonds. The average molecular weight is 267 g/mol. The summed E-state index contributed by atoms with van der Waals surface area (Å²) in [5.74, 6) is 0.160. The second kappa shape index (κ2) is 5.55. The monoisotopic (exact) mass is 267 g/mol. The molecule has 7 heteroatoms. The summed E-state index contributed by atoms with van der Waals surface area (Å²) in [6.07, 6.45) is 3.13. The van der Waals surface area contributed by atoms with E-state index in [4.69, 9.17) is 16.6 Å². The maximum absolute atomic E-state index is 11.6. The molecule has 0 saturated carbocycles. The molecule has 0 saturated heterocycles. The molecule has 17 heavy (non-hydrogen) atoms. The fourth-order valence-corrected chi connectivity index (χ4v) is 1.88. The molecular formula is C10H9N3O2S2. The lowest BCUT2D eigenvalue weighted by molar-refractivity contribution is 0.0970. The third kappa shape index (κ3) is 3.36. The summed E-state index contributed by atoms with van der Waals surface area (Å²) in [5.41, 5.74) is 0. The lowest BCUT2D eigenvalue weighted by Crippen LogP contribution is -2.32. The summed E-state index contributed by atoms with van der Waals surface area (Å²) < 4.78 is 4.97. The zero-order chi connectivity index (χ0) is 12.1. The average Bonchev–Trinajstić information content (AvgIpc) is 2.97. The summed E-state index contributed by atoms with van der Waals surface area (Å²) in [6.45, 7) is 0.0880. The van der Waals surface area contributed by atoms with E-state index in [1.807, 2.05) is 5.38 Å². The molecule has 0 radical (unpaired) electrons. The maximum atomic E-state index is 11.6. The van der Waals surface area contributed by atoms with Gasteiger partial charge in [-0.2, -0.15) is 0 Å². The van der Waals surface area contributed by atoms with Gasteiger partial charge in [0.05, 0.1) is 12.8 Å². The predicted octanol–water partition coefficient (Wildman–Crippen LogP) is 1.91. The number of aromatic nitrogens is 1. The third-order valence-electron chi connectivity index (χ3n) is 1.86. The molecule has 0 fully saturated rings. The van der Waals surface area contributed by atoms with Gasteiger partial charge in [0, 0.05) is 11.6 Å². The summed E-state index contributed by atoms with van der Waals surface area (Å²) in [5, 5.41) is 8.54. The van der Waals surface area contributed by atoms with E-state index in [0.717, 1.165) is 0 Å². The van der Waals surface area contributed by atoms with Crippen LogP contribution in [0, 0.1) is 0 Å². The molecule has 2 N–H and O–H groups in total. The van der Waals surface area contributed by atoms with Gasteiger partial charge in [-0.05, 0) is 24.4 Å². The first kappa shape index (κ1) is 11.7. The predicted molar refractivity (Wildman–Crippen MR) is 69.4 cm³/mol. The number of rotatable bonds is 4. The number of nitrogens with one attached hydrogen (secondary N) is 2. The number of ketones is 1. The number of anilines is 1. The highest BCUT2D eigenvalue weighted by Gasteiger charge is 2.09. The van der Waals surface area contributed by atoms with Gasteiger partial charge in [0.25, 0.3) is 0 Å². The van der Waals surface area contributed by atoms with Crippen molar-refractivity contribution in [2.75, 3.05) is 11.9 Å². The van der Waals surface area contributed by atoms with E-state index >= 15 is 0 Å². The molecule has 0 atom stereocenters. The Bertz CT molecular complexity index is 494. The summed E-state index contributed by atoms with van der Waals surface area (Å²) in [4.78, 5) is 15.6. The van der Waals surface area contributed by atoms with E-state index < -0.39 is 0 Å². The summed E-state index contributed by atoms with van der Waals surface area (Å²) >= 11 is 6.44. The van der Waals surface area contributed by atoms with E-state index in [2.05, 4.69) is 15.6 Å². The smallest absolute Gasteiger partial charge is 0.217 e. The molecule has 0 aliphatic rings. The molecule has 0 aromatic carbocycles. The molecule has 2 aromatic heterocycles. The zero-order valence-corrected chi connectivity index (χ0v) is 10.3. The van der Waals surface area contributed by atoms with Crippen LogP contribution in [0.1, 0.15) is 10.6 Å². The summed E-state index contributed by atoms with van der Waals surface area (Å²) in [7, 11) is 0. The molecule has 88 valence electrons. The second-order valence-corrected chi connectivity index (χ2v) is 4.35. The van der Waals surface area contributed by atoms with E-state index in [9.17, 15) is 4.79 Å². The Morgan fingerprint density at radius 2 is 2.47 bits per heavy atom. The lowest BCUT2D eigenvalue weighted by Gasteiger charge is -2.06. The molecule has 0 aliphatic carbocycles. The van der Waals surface area contributed by atoms with Gasteiger partial charge in [0.1, 0.15) is 0 Å². The van der Waals surface area contributed by atoms with Crippen molar-refractivity contribution in [1.29, 1.82) is 0 Å². The first-order valence-electron chi connectivity index (χ1n) is 4.77. The molecule has 2 aromatic rings. The van der Waals surface area contributed by atoms with Crippen molar-refractivity contribution in [3.05, 3.63) is 35.7 Å². The normalized spacial score (nSPS) is 9.88. The fraction of sp³-hybridized carbons (Fsp3) is 0.100. The Kier molecular flexibility index (Phi) is 3.84. The van der Waals surface area contributed by atoms with E-state index in [0.29, 0.717) is 16.0 Å². The van der Waals surface area contributed by atoms with Gasteiger partial charge in [0.15, 0.2) is 16.0 Å². The highest BCUT2D eigenvalue weighted by molar-refractivity contribution is 7.80. The van der Waals surface area contributed by atoms with Crippen LogP contribution in [0.2, 0.25) is 0 Å². The zero-order valence-electron chi connectivity index (χ0n) is 8.67. The first-order chi connectivity index (χ1) is 8.25. The van der Waals surface area contributed by atoms with Crippen molar-refractivity contribution in [3.63, 3.8) is 0 Å². The van der Waals surface area contributed by atoms with Gasteiger partial charge in [0.2, 0.25) is 5.78 Å². The van der Waals surface area contributed by atoms with Gasteiger partial charge in [-0.1, -0.05) is 0 Å². The Hall–Kier alpha value is -1.73. The van der Waals surface area contributed by atoms with Gasteiger partial charge >= 0.3 is 0 Å². The molecule has 5 nitrogen and oxygen atoms in total. The molecule has 2 rings (SSSR count). The highest BCUT2D eigenvalue weighted by Crippen LogP contribution is 2.09. The van der Waals surface area contributed by atoms with Crippen molar-refractivity contribution in [1.82, 2.24) is 10.3 Å². The minimum absolute atomic E-state index is 0.0880. The second-order valence-electron chi connectivity index (χ2n) is 3.05. The van der Waals surface area contributed by atoms with Crippen LogP contribution >= 0.6 is 23.6 Å². The minimum atomic E-state index is -0.154. The van der Waals surface area contributed by atoms with Crippen LogP contribution in [0.4, 0.5) is 5.13 Å². The number of Topliss-reactive ketones (excluding diaryl/α,β-unsaturated/α-hetero) is 1. The van der Waals surface area contributed by atoms with Crippen molar-refractivity contribution in [2.24, 2.45) is 0 Å². The van der Waals surface area contributed by atoms with Crippen LogP contribution in [-0.2, 0) is 0 Å². The van der Waals surface area contributed by atoms with E-state index in [-0.39, 0.29) is 12.3 Å². The quantitative estimate of drug-likeness (QED) is 0.651. The number of hydrogen-bond donors (Lipinski definition) is 2. The van der Waals surface area contributed by atoms with Crippen LogP contribution in [-0.4, -0.2) is 22.4 Å². The Labute approximate surface area is 107 Å². The molecule has 0 aliphatic heterocycles. The van der Waals surface area contributed by atoms with E-state index in [1.165, 1.54) is 17.6 Å². The molecule has 0 unspecified atom stereocenters. The number of nitrogens with zero attached hydrogens (tertiary/aromatic N) is 1. The van der Waals surface area contributed by atoms with Crippen LogP contribution in [0.25, 0.3) is 0 Å². The van der Waals surface area contributed by atoms with Crippen LogP contribution in [0.15, 0.2) is 34.4 Å². The molecular weight excluding hydrogens is 258 g/mol. The van der Waals surface area contributed by atoms with Crippen LogP contribution < -0.4 is 10.6 Å². The van der Waals surface area contributed by atoms with Crippen molar-refractivity contribution in [2.45, 2.75) is 0 Å². The highest BCUT2D eigenvalue weighted by atomic mass is 32.1. The number of furan rings is 1. The minimum Gasteiger partial charge on any atom is -0.461 e. The largest absolute Gasteiger partial charge is 0.461 e. The van der Waals surface area contributed by atoms with Gasteiger partial charge in [-0.15, -0.1) is 11.3 Å². The standard InChI is InChI=1S/C10H9N3O2S2/c14-7(8-2-1-4-15-8)6-12-9(16)13-10-11-3-5-17-10/h1-5H,6H2,(H2,11,12,13,16). The third-order valence-corrected chi connectivity index (χ3v) is 2.79. The molecule has 2 heterocycles. The van der Waals surface area contributed by atoms with Gasteiger partial charge < -0.3 is 15.1 Å². The SMILES string of the molecule is O=C(CNC(=S)Nc1nccs1)c1ccco1. The Morgan fingerprint density at radius 3 is 3.12 bits per heavy atom. The van der Waals surface area contributed by atoms with Crippen molar-refractivity contribution < 1.29 is 9.21 Å². The van der Waals surface area contributed by atoms with Crippen molar-refractivity contribution in [3.8, 4) is 0 Å². The number of hydrogen-bond acceptors (Lipinski definition) is 5. The molecule has 0 bridgehead atoms. The Morgan fingerprint density at radius 1 is 1.59 bits per heavy atom. The maximum Gasteiger partial charge on any atom is 0.217 e. The number of thiazole rings is 1. The lowest BCUT2D eigenvalue weighted by atomic mass is 10.3.